The molecule has 0 amide bonds. The summed E-state index contributed by atoms with van der Waals surface area (Å²) in [5.74, 6) is 2.59. The van der Waals surface area contributed by atoms with E-state index in [1.807, 2.05) is 6.20 Å². The molecule has 1 aliphatic rings. The Labute approximate surface area is 111 Å². The van der Waals surface area contributed by atoms with E-state index in [1.165, 1.54) is 17.7 Å². The molecule has 18 heavy (non-hydrogen) atoms. The predicted octanol–water partition coefficient (Wildman–Crippen LogP) is 2.86. The molecule has 1 aromatic rings. The molecule has 1 aromatic heterocycles. The van der Waals surface area contributed by atoms with Crippen molar-refractivity contribution in [2.75, 3.05) is 44.0 Å². The number of aromatic nitrogens is 1. The fraction of sp³-hybridized carbons (Fsp3) is 0.643. The van der Waals surface area contributed by atoms with Crippen molar-refractivity contribution in [2.24, 2.45) is 5.92 Å². The predicted molar refractivity (Wildman–Crippen MR) is 83.0 cm³/mol. The molecule has 0 radical (unpaired) electrons. The van der Waals surface area contributed by atoms with Crippen molar-refractivity contribution in [3.8, 4) is 5.75 Å². The molecule has 1 heterocycles. The van der Waals surface area contributed by atoms with Gasteiger partial charge in [0, 0.05) is 12.7 Å². The van der Waals surface area contributed by atoms with E-state index in [-0.39, 0.29) is 0 Å². The number of ether oxygens (including phenoxy) is 1. The van der Waals surface area contributed by atoms with Crippen LogP contribution in [-0.4, -0.2) is 43.7 Å². The van der Waals surface area contributed by atoms with E-state index >= 15 is 0 Å². The summed E-state index contributed by atoms with van der Waals surface area (Å²) < 4.78 is 5.47. The first-order valence-electron chi connectivity index (χ1n) is 6.55. The third-order valence-electron chi connectivity index (χ3n) is 3.35. The quantitative estimate of drug-likeness (QED) is 0.807. The minimum Gasteiger partial charge on any atom is -0.493 e. The van der Waals surface area contributed by atoms with Crippen molar-refractivity contribution in [2.45, 2.75) is 17.7 Å². The highest BCUT2D eigenvalue weighted by Crippen LogP contribution is 2.63. The van der Waals surface area contributed by atoms with E-state index in [2.05, 4.69) is 41.4 Å². The first-order chi connectivity index (χ1) is 8.26. The van der Waals surface area contributed by atoms with Gasteiger partial charge in [0.05, 0.1) is 7.11 Å². The van der Waals surface area contributed by atoms with Gasteiger partial charge in [-0.3, -0.25) is 9.16 Å². The minimum atomic E-state index is -1.77. The molecule has 0 aromatic carbocycles. The Morgan fingerprint density at radius 2 is 2.00 bits per heavy atom. The van der Waals surface area contributed by atoms with Crippen molar-refractivity contribution in [1.82, 2.24) is 4.98 Å². The summed E-state index contributed by atoms with van der Waals surface area (Å²) in [6, 6.07) is 2.15. The number of pyridine rings is 1. The van der Waals surface area contributed by atoms with Gasteiger partial charge in [0.2, 0.25) is 0 Å². The number of hydrogen-bond donors (Lipinski definition) is 2. The lowest BCUT2D eigenvalue weighted by atomic mass is 10.4. The second kappa shape index (κ2) is 4.34. The molecule has 0 unspecified atom stereocenters. The zero-order valence-electron chi connectivity index (χ0n) is 12.2. The van der Waals surface area contributed by atoms with Gasteiger partial charge in [-0.05, 0) is 54.7 Å². The average Bonchev–Trinajstić information content (AvgIpc) is 3.07. The molecule has 2 rings (SSSR count). The zero-order valence-corrected chi connectivity index (χ0v) is 13.1. The molecule has 0 bridgehead atoms. The highest BCUT2D eigenvalue weighted by atomic mass is 32.3. The number of hydrogen-bond acceptors (Lipinski definition) is 3. The number of thiol groups is 1. The number of methoxy groups -OCH3 is 1. The van der Waals surface area contributed by atoms with Crippen LogP contribution in [0.4, 0.5) is 5.82 Å². The van der Waals surface area contributed by atoms with Crippen LogP contribution in [0, 0.1) is 5.92 Å². The lowest BCUT2D eigenvalue weighted by Crippen LogP contribution is -2.13. The normalized spacial score (nSPS) is 17.9. The highest BCUT2D eigenvalue weighted by molar-refractivity contribution is 8.47. The Bertz CT molecular complexity index is 438. The third-order valence-corrected chi connectivity index (χ3v) is 5.66. The molecule has 0 aliphatic heterocycles. The van der Waals surface area contributed by atoms with E-state index in [0.29, 0.717) is 0 Å². The maximum Gasteiger partial charge on any atom is 0.168 e. The van der Waals surface area contributed by atoms with E-state index < -0.39 is 9.16 Å². The number of nitrogens with one attached hydrogen (secondary N) is 1. The van der Waals surface area contributed by atoms with Crippen LogP contribution >= 0.6 is 9.16 Å². The molecule has 0 spiro atoms. The Morgan fingerprint density at radius 3 is 2.50 bits per heavy atom. The molecule has 4 heteroatoms. The van der Waals surface area contributed by atoms with E-state index in [1.54, 1.807) is 7.11 Å². The number of anilines is 1. The van der Waals surface area contributed by atoms with Crippen LogP contribution in [-0.2, 0) is 0 Å². The Balaban J connectivity index is 2.22. The van der Waals surface area contributed by atoms with Crippen LogP contribution in [0.5, 0.6) is 5.75 Å². The van der Waals surface area contributed by atoms with Gasteiger partial charge in [-0.15, -0.1) is 0 Å². The molecular weight excluding hydrogens is 244 g/mol. The van der Waals surface area contributed by atoms with Crippen LogP contribution < -0.4 is 10.1 Å². The molecular formula is C14H26N2OS. The van der Waals surface area contributed by atoms with Gasteiger partial charge < -0.3 is 10.1 Å². The second-order valence-electron chi connectivity index (χ2n) is 7.15. The van der Waals surface area contributed by atoms with Crippen molar-refractivity contribution in [1.29, 1.82) is 0 Å². The molecule has 1 fully saturated rings. The minimum absolute atomic E-state index is 0.838. The molecule has 0 saturated heterocycles. The SMILES string of the molecule is COc1cc([SH](C)(C)(C)C)cnc1NCC1CC1. The fourth-order valence-electron chi connectivity index (χ4n) is 1.77. The molecule has 1 N–H and O–H groups in total. The maximum absolute atomic E-state index is 5.47. The summed E-state index contributed by atoms with van der Waals surface area (Å²) >= 11 is 0. The van der Waals surface area contributed by atoms with Gasteiger partial charge in [-0.2, -0.15) is 0 Å². The molecule has 3 nitrogen and oxygen atoms in total. The summed E-state index contributed by atoms with van der Waals surface area (Å²) in [7, 11) is -0.0557. The van der Waals surface area contributed by atoms with Gasteiger partial charge in [0.1, 0.15) is 0 Å². The van der Waals surface area contributed by atoms with Gasteiger partial charge in [-0.25, -0.2) is 4.98 Å². The van der Waals surface area contributed by atoms with Crippen molar-refractivity contribution >= 4 is 15.0 Å². The Hall–Kier alpha value is -0.900. The monoisotopic (exact) mass is 270 g/mol. The van der Waals surface area contributed by atoms with E-state index in [0.717, 1.165) is 24.0 Å². The summed E-state index contributed by atoms with van der Waals surface area (Å²) in [6.45, 7) is 1.02. The zero-order chi connectivity index (χ0) is 13.4. The van der Waals surface area contributed by atoms with Crippen LogP contribution in [0.3, 0.4) is 0 Å². The third kappa shape index (κ3) is 3.31. The van der Waals surface area contributed by atoms with E-state index in [4.69, 9.17) is 4.74 Å². The molecule has 0 atom stereocenters. The highest BCUT2D eigenvalue weighted by Gasteiger charge is 2.24. The first-order valence-corrected chi connectivity index (χ1v) is 10.6. The molecule has 1 saturated carbocycles. The average molecular weight is 270 g/mol. The Kier molecular flexibility index (Phi) is 3.26. The van der Waals surface area contributed by atoms with Crippen LogP contribution in [0.1, 0.15) is 12.8 Å². The van der Waals surface area contributed by atoms with Crippen LogP contribution in [0.25, 0.3) is 0 Å². The smallest absolute Gasteiger partial charge is 0.168 e. The fourth-order valence-corrected chi connectivity index (χ4v) is 2.93. The summed E-state index contributed by atoms with van der Waals surface area (Å²) in [6.07, 6.45) is 14.0. The maximum atomic E-state index is 5.47. The largest absolute Gasteiger partial charge is 0.493 e. The van der Waals surface area contributed by atoms with Gasteiger partial charge >= 0.3 is 0 Å². The van der Waals surface area contributed by atoms with Crippen molar-refractivity contribution in [3.05, 3.63) is 12.3 Å². The lowest BCUT2D eigenvalue weighted by Gasteiger charge is -2.47. The van der Waals surface area contributed by atoms with Crippen molar-refractivity contribution < 1.29 is 4.74 Å². The van der Waals surface area contributed by atoms with Crippen LogP contribution in [0.15, 0.2) is 17.2 Å². The molecule has 104 valence electrons. The molecule has 1 aliphatic carbocycles. The van der Waals surface area contributed by atoms with Gasteiger partial charge in [0.15, 0.2) is 11.6 Å². The summed E-state index contributed by atoms with van der Waals surface area (Å²) in [5, 5.41) is 3.40. The first kappa shape index (κ1) is 13.5. The second-order valence-corrected chi connectivity index (χ2v) is 14.8. The summed E-state index contributed by atoms with van der Waals surface area (Å²) in [5.41, 5.74) is 0. The standard InChI is InChI=1S/C14H26N2OS/c1-17-13-8-12(18(2,3,4)5)10-16-14(13)15-9-11-6-7-11/h8,10-11,18H,6-7,9H2,1-5H3,(H,15,16). The van der Waals surface area contributed by atoms with E-state index in [9.17, 15) is 0 Å². The van der Waals surface area contributed by atoms with Crippen LogP contribution in [0.2, 0.25) is 0 Å². The number of nitrogens with zero attached hydrogens (tertiary/aromatic N) is 1. The van der Waals surface area contributed by atoms with Gasteiger partial charge in [-0.1, -0.05) is 0 Å². The summed E-state index contributed by atoms with van der Waals surface area (Å²) in [4.78, 5) is 5.87. The lowest BCUT2D eigenvalue weighted by molar-refractivity contribution is 0.413. The van der Waals surface area contributed by atoms with Gasteiger partial charge in [0.25, 0.3) is 0 Å². The number of rotatable bonds is 5. The van der Waals surface area contributed by atoms with Crippen molar-refractivity contribution in [3.63, 3.8) is 0 Å². The topological polar surface area (TPSA) is 34.1 Å². The Morgan fingerprint density at radius 1 is 1.33 bits per heavy atom.